The van der Waals surface area contributed by atoms with Crippen molar-refractivity contribution in [2.45, 2.75) is 13.5 Å². The number of benzene rings is 2. The molecule has 1 N–H and O–H groups in total. The number of fused-ring (bicyclic) bond motifs is 1. The number of nitrogens with zero attached hydrogens (tertiary/aromatic N) is 2. The van der Waals surface area contributed by atoms with Crippen LogP contribution in [0.25, 0.3) is 5.65 Å². The monoisotopic (exact) mass is 405 g/mol. The van der Waals surface area contributed by atoms with Gasteiger partial charge in [-0.25, -0.2) is 4.98 Å². The Hall–Kier alpha value is -4.07. The Morgan fingerprint density at radius 3 is 2.80 bits per heavy atom. The molecule has 1 amide bonds. The van der Waals surface area contributed by atoms with E-state index in [0.717, 1.165) is 4.57 Å². The fourth-order valence-electron chi connectivity index (χ4n) is 3.00. The van der Waals surface area contributed by atoms with Crippen molar-refractivity contribution in [2.24, 2.45) is 0 Å². The predicted octanol–water partition coefficient (Wildman–Crippen LogP) is 3.44. The van der Waals surface area contributed by atoms with Crippen LogP contribution in [0.2, 0.25) is 0 Å². The number of carbonyl (C=O) groups is 1. The van der Waals surface area contributed by atoms with Crippen LogP contribution in [0.1, 0.15) is 21.8 Å². The average Bonchev–Trinajstić information content (AvgIpc) is 3.13. The lowest BCUT2D eigenvalue weighted by Crippen LogP contribution is -2.14. The van der Waals surface area contributed by atoms with Crippen molar-refractivity contribution in [1.82, 2.24) is 9.56 Å². The highest BCUT2D eigenvalue weighted by Crippen LogP contribution is 2.22. The average molecular weight is 405 g/mol. The highest BCUT2D eigenvalue weighted by molar-refractivity contribution is 6.06. The van der Waals surface area contributed by atoms with Crippen molar-refractivity contribution in [1.29, 1.82) is 0 Å². The third-order valence-corrected chi connectivity index (χ3v) is 4.35. The van der Waals surface area contributed by atoms with E-state index in [-0.39, 0.29) is 18.1 Å². The lowest BCUT2D eigenvalue weighted by atomic mass is 10.2. The Balaban J connectivity index is 1.47. The minimum atomic E-state index is -0.315. The number of carbonyl (C=O) groups excluding carboxylic acids is 1. The molecule has 8 nitrogen and oxygen atoms in total. The zero-order valence-electron chi connectivity index (χ0n) is 16.4. The van der Waals surface area contributed by atoms with Crippen LogP contribution in [0.3, 0.4) is 0 Å². The van der Waals surface area contributed by atoms with Crippen molar-refractivity contribution < 1.29 is 18.8 Å². The van der Waals surface area contributed by atoms with Gasteiger partial charge in [-0.2, -0.15) is 0 Å². The maximum atomic E-state index is 12.6. The lowest BCUT2D eigenvalue weighted by Gasteiger charge is -2.11. The van der Waals surface area contributed by atoms with Gasteiger partial charge in [0.2, 0.25) is 0 Å². The second kappa shape index (κ2) is 8.12. The molecule has 0 saturated heterocycles. The molecule has 2 aromatic heterocycles. The summed E-state index contributed by atoms with van der Waals surface area (Å²) in [4.78, 5) is 29.0. The first-order chi connectivity index (χ1) is 14.5. The first-order valence-electron chi connectivity index (χ1n) is 9.20. The molecule has 2 heterocycles. The van der Waals surface area contributed by atoms with E-state index in [9.17, 15) is 9.59 Å². The molecular weight excluding hydrogens is 386 g/mol. The zero-order chi connectivity index (χ0) is 21.1. The van der Waals surface area contributed by atoms with Crippen LogP contribution in [-0.2, 0) is 6.61 Å². The van der Waals surface area contributed by atoms with Gasteiger partial charge in [-0.15, -0.1) is 4.57 Å². The lowest BCUT2D eigenvalue weighted by molar-refractivity contribution is 0.102. The fraction of sp³-hybridized carbons (Fsp3) is 0.136. The van der Waals surface area contributed by atoms with Gasteiger partial charge in [0.25, 0.3) is 11.5 Å². The molecule has 0 unspecified atom stereocenters. The normalized spacial score (nSPS) is 10.7. The number of amides is 1. The van der Waals surface area contributed by atoms with Crippen LogP contribution in [0.5, 0.6) is 11.5 Å². The van der Waals surface area contributed by atoms with E-state index in [2.05, 4.69) is 10.3 Å². The number of methoxy groups -OCH3 is 1. The second-order valence-electron chi connectivity index (χ2n) is 6.56. The number of hydrogen-bond donors (Lipinski definition) is 1. The van der Waals surface area contributed by atoms with Crippen molar-refractivity contribution in [3.63, 3.8) is 0 Å². The summed E-state index contributed by atoms with van der Waals surface area (Å²) in [6, 6.07) is 17.0. The van der Waals surface area contributed by atoms with E-state index in [1.165, 1.54) is 13.2 Å². The van der Waals surface area contributed by atoms with Gasteiger partial charge in [-0.05, 0) is 31.2 Å². The van der Waals surface area contributed by atoms with Crippen LogP contribution >= 0.6 is 0 Å². The Bertz CT molecular complexity index is 1280. The van der Waals surface area contributed by atoms with Gasteiger partial charge >= 0.3 is 0 Å². The molecule has 0 atom stereocenters. The first kappa shape index (κ1) is 19.3. The molecule has 2 aromatic carbocycles. The van der Waals surface area contributed by atoms with Crippen molar-refractivity contribution in [3.05, 3.63) is 88.0 Å². The zero-order valence-corrected chi connectivity index (χ0v) is 16.4. The van der Waals surface area contributed by atoms with Crippen molar-refractivity contribution in [2.75, 3.05) is 12.4 Å². The minimum Gasteiger partial charge on any atom is -0.496 e. The van der Waals surface area contributed by atoms with E-state index >= 15 is 0 Å². The van der Waals surface area contributed by atoms with E-state index < -0.39 is 0 Å². The summed E-state index contributed by atoms with van der Waals surface area (Å²) in [5, 5.41) is 2.83. The largest absolute Gasteiger partial charge is 0.496 e. The molecule has 4 aromatic rings. The van der Waals surface area contributed by atoms with Crippen LogP contribution in [0.4, 0.5) is 5.69 Å². The first-order valence-corrected chi connectivity index (χ1v) is 9.20. The second-order valence-corrected chi connectivity index (χ2v) is 6.56. The summed E-state index contributed by atoms with van der Waals surface area (Å²) in [6.45, 7) is 1.84. The Labute approximate surface area is 171 Å². The number of aromatic nitrogens is 2. The van der Waals surface area contributed by atoms with Gasteiger partial charge in [-0.3, -0.25) is 9.59 Å². The molecule has 8 heteroatoms. The van der Waals surface area contributed by atoms with Crippen molar-refractivity contribution in [3.8, 4) is 11.5 Å². The van der Waals surface area contributed by atoms with Gasteiger partial charge < -0.3 is 19.3 Å². The summed E-state index contributed by atoms with van der Waals surface area (Å²) < 4.78 is 17.4. The van der Waals surface area contributed by atoms with Gasteiger partial charge in [0, 0.05) is 23.9 Å². The summed E-state index contributed by atoms with van der Waals surface area (Å²) in [5.74, 6) is 1.32. The van der Waals surface area contributed by atoms with Crippen molar-refractivity contribution >= 4 is 17.2 Å². The molecule has 0 spiro atoms. The maximum absolute atomic E-state index is 12.6. The highest BCUT2D eigenvalue weighted by Gasteiger charge is 2.12. The Morgan fingerprint density at radius 1 is 1.13 bits per heavy atom. The third-order valence-electron chi connectivity index (χ3n) is 4.35. The molecule has 152 valence electrons. The molecule has 0 aliphatic rings. The minimum absolute atomic E-state index is 0.0971. The number of nitrogens with one attached hydrogen (secondary N) is 1. The standard InChI is InChI=1S/C22H19N3O5/c1-14-10-20-23-16(12-21(26)25(20)30-14)13-29-17-7-5-6-15(11-17)24-22(27)18-8-3-4-9-19(18)28-2/h3-12H,13H2,1-2H3,(H,24,27). The number of rotatable bonds is 6. The van der Waals surface area contributed by atoms with E-state index in [0.29, 0.717) is 39.9 Å². The van der Waals surface area contributed by atoms with Crippen LogP contribution < -0.4 is 20.3 Å². The number of anilines is 1. The van der Waals surface area contributed by atoms with Crippen LogP contribution in [-0.4, -0.2) is 22.6 Å². The van der Waals surface area contributed by atoms with Gasteiger partial charge in [0.15, 0.2) is 5.65 Å². The molecular formula is C22H19N3O5. The summed E-state index contributed by atoms with van der Waals surface area (Å²) in [7, 11) is 1.52. The van der Waals surface area contributed by atoms with Crippen LogP contribution in [0, 0.1) is 6.92 Å². The Kier molecular flexibility index (Phi) is 5.21. The molecule has 30 heavy (non-hydrogen) atoms. The number of hydrogen-bond acceptors (Lipinski definition) is 6. The molecule has 0 bridgehead atoms. The van der Waals surface area contributed by atoms with Crippen LogP contribution in [0.15, 0.2) is 70.0 Å². The summed E-state index contributed by atoms with van der Waals surface area (Å²) >= 11 is 0. The number of para-hydroxylation sites is 1. The SMILES string of the molecule is COc1ccccc1C(=O)Nc1cccc(OCc2cc(=O)n3oc(C)cc3n2)c1. The summed E-state index contributed by atoms with van der Waals surface area (Å²) in [5.41, 5.74) is 1.59. The smallest absolute Gasteiger partial charge is 0.287 e. The molecule has 0 saturated carbocycles. The van der Waals surface area contributed by atoms with Gasteiger partial charge in [-0.1, -0.05) is 18.2 Å². The quantitative estimate of drug-likeness (QED) is 0.528. The van der Waals surface area contributed by atoms with Gasteiger partial charge in [0.05, 0.1) is 18.4 Å². The van der Waals surface area contributed by atoms with E-state index in [1.54, 1.807) is 61.5 Å². The number of aryl methyl sites for hydroxylation is 1. The number of ether oxygens (including phenoxy) is 2. The highest BCUT2D eigenvalue weighted by atomic mass is 16.5. The predicted molar refractivity (Wildman–Crippen MR) is 110 cm³/mol. The van der Waals surface area contributed by atoms with E-state index in [4.69, 9.17) is 14.0 Å². The molecule has 0 aliphatic heterocycles. The van der Waals surface area contributed by atoms with E-state index in [1.807, 2.05) is 0 Å². The fourth-order valence-corrected chi connectivity index (χ4v) is 3.00. The summed E-state index contributed by atoms with van der Waals surface area (Å²) in [6.07, 6.45) is 0. The molecule has 4 rings (SSSR count). The molecule has 0 aliphatic carbocycles. The maximum Gasteiger partial charge on any atom is 0.287 e. The molecule has 0 fully saturated rings. The Morgan fingerprint density at radius 2 is 1.97 bits per heavy atom. The third kappa shape index (κ3) is 4.02. The van der Waals surface area contributed by atoms with Gasteiger partial charge in [0.1, 0.15) is 23.9 Å². The topological polar surface area (TPSA) is 95.1 Å². The molecule has 0 radical (unpaired) electrons.